The van der Waals surface area contributed by atoms with Crippen molar-refractivity contribution >= 4 is 5.97 Å². The van der Waals surface area contributed by atoms with Crippen LogP contribution in [0.4, 0.5) is 0 Å². The first-order valence-corrected chi connectivity index (χ1v) is 9.38. The molecular formula is C19H31NO2. The second-order valence-electron chi connectivity index (χ2n) is 7.56. The summed E-state index contributed by atoms with van der Waals surface area (Å²) < 4.78 is 0. The third-order valence-electron chi connectivity index (χ3n) is 6.33. The SMILES string of the molecule is CCCCCC[C@@H]1C=C[C@@H]2CCCC[C@]23CC[C@@H](C(=O)O)N13. The molecule has 0 aromatic carbocycles. The molecule has 3 heteroatoms. The molecule has 22 heavy (non-hydrogen) atoms. The number of aliphatic carboxylic acids is 1. The van der Waals surface area contributed by atoms with Crippen molar-refractivity contribution in [2.24, 2.45) is 5.92 Å². The van der Waals surface area contributed by atoms with E-state index in [1.165, 1.54) is 51.4 Å². The first-order valence-electron chi connectivity index (χ1n) is 9.38. The van der Waals surface area contributed by atoms with Gasteiger partial charge in [0, 0.05) is 11.6 Å². The minimum atomic E-state index is -0.602. The smallest absolute Gasteiger partial charge is 0.320 e. The molecule has 3 nitrogen and oxygen atoms in total. The number of hydrogen-bond acceptors (Lipinski definition) is 2. The molecule has 1 aliphatic carbocycles. The summed E-state index contributed by atoms with van der Waals surface area (Å²) in [4.78, 5) is 14.2. The highest BCUT2D eigenvalue weighted by Gasteiger charge is 2.56. The molecule has 4 atom stereocenters. The number of carboxylic acids is 1. The summed E-state index contributed by atoms with van der Waals surface area (Å²) in [5.74, 6) is -0.00690. The van der Waals surface area contributed by atoms with Crippen molar-refractivity contribution in [2.75, 3.05) is 0 Å². The molecular weight excluding hydrogens is 274 g/mol. The molecule has 1 saturated carbocycles. The Kier molecular flexibility index (Phi) is 4.91. The lowest BCUT2D eigenvalue weighted by Crippen LogP contribution is -2.60. The average Bonchev–Trinajstić information content (AvgIpc) is 2.91. The second-order valence-corrected chi connectivity index (χ2v) is 7.56. The molecule has 0 unspecified atom stereocenters. The van der Waals surface area contributed by atoms with Crippen LogP contribution in [0.5, 0.6) is 0 Å². The van der Waals surface area contributed by atoms with Crippen molar-refractivity contribution in [1.29, 1.82) is 0 Å². The summed E-state index contributed by atoms with van der Waals surface area (Å²) in [6.07, 6.45) is 18.0. The Morgan fingerprint density at radius 3 is 2.82 bits per heavy atom. The molecule has 3 aliphatic rings. The molecule has 0 bridgehead atoms. The minimum absolute atomic E-state index is 0.172. The van der Waals surface area contributed by atoms with E-state index in [1.807, 2.05) is 0 Å². The summed E-state index contributed by atoms with van der Waals surface area (Å²) in [7, 11) is 0. The van der Waals surface area contributed by atoms with Gasteiger partial charge in [-0.1, -0.05) is 57.6 Å². The Morgan fingerprint density at radius 1 is 1.18 bits per heavy atom. The Morgan fingerprint density at radius 2 is 2.05 bits per heavy atom. The van der Waals surface area contributed by atoms with Crippen molar-refractivity contribution in [2.45, 2.75) is 95.2 Å². The largest absolute Gasteiger partial charge is 0.480 e. The van der Waals surface area contributed by atoms with E-state index >= 15 is 0 Å². The average molecular weight is 305 g/mol. The maximum Gasteiger partial charge on any atom is 0.320 e. The molecule has 1 N–H and O–H groups in total. The first-order chi connectivity index (χ1) is 10.7. The predicted molar refractivity (Wildman–Crippen MR) is 88.9 cm³/mol. The first kappa shape index (κ1) is 16.0. The van der Waals surface area contributed by atoms with Gasteiger partial charge in [0.1, 0.15) is 6.04 Å². The fraction of sp³-hybridized carbons (Fsp3) is 0.842. The lowest BCUT2D eigenvalue weighted by Gasteiger charge is -2.53. The van der Waals surface area contributed by atoms with Crippen molar-refractivity contribution in [3.63, 3.8) is 0 Å². The zero-order chi connectivity index (χ0) is 15.6. The quantitative estimate of drug-likeness (QED) is 0.585. The molecule has 0 radical (unpaired) electrons. The van der Waals surface area contributed by atoms with Crippen LogP contribution in [-0.4, -0.2) is 33.6 Å². The number of carboxylic acid groups (broad SMARTS) is 1. The summed E-state index contributed by atoms with van der Waals surface area (Å²) in [6, 6.07) is 0.108. The highest BCUT2D eigenvalue weighted by atomic mass is 16.4. The third kappa shape index (κ3) is 2.73. The van der Waals surface area contributed by atoms with Gasteiger partial charge in [-0.15, -0.1) is 0 Å². The number of rotatable bonds is 6. The van der Waals surface area contributed by atoms with E-state index in [1.54, 1.807) is 0 Å². The monoisotopic (exact) mass is 305 g/mol. The lowest BCUT2D eigenvalue weighted by molar-refractivity contribution is -0.146. The van der Waals surface area contributed by atoms with Crippen LogP contribution in [0.2, 0.25) is 0 Å². The van der Waals surface area contributed by atoms with Crippen LogP contribution in [0, 0.1) is 5.92 Å². The Hall–Kier alpha value is -0.830. The van der Waals surface area contributed by atoms with Crippen LogP contribution >= 0.6 is 0 Å². The fourth-order valence-electron chi connectivity index (χ4n) is 5.30. The van der Waals surface area contributed by atoms with Crippen molar-refractivity contribution < 1.29 is 9.90 Å². The van der Waals surface area contributed by atoms with Gasteiger partial charge in [0.15, 0.2) is 0 Å². The van der Waals surface area contributed by atoms with Crippen LogP contribution in [-0.2, 0) is 4.79 Å². The van der Waals surface area contributed by atoms with E-state index < -0.39 is 5.97 Å². The molecule has 3 rings (SSSR count). The normalized spacial score (nSPS) is 37.8. The van der Waals surface area contributed by atoms with Gasteiger partial charge in [0.25, 0.3) is 0 Å². The Balaban J connectivity index is 1.79. The Bertz CT molecular complexity index is 433. The maximum absolute atomic E-state index is 11.8. The Labute approximate surface area is 134 Å². The summed E-state index contributed by atoms with van der Waals surface area (Å²) in [6.45, 7) is 2.24. The summed E-state index contributed by atoms with van der Waals surface area (Å²) in [5, 5.41) is 9.70. The molecule has 0 aromatic rings. The van der Waals surface area contributed by atoms with Crippen LogP contribution < -0.4 is 0 Å². The highest BCUT2D eigenvalue weighted by molar-refractivity contribution is 5.74. The van der Waals surface area contributed by atoms with E-state index in [2.05, 4.69) is 24.0 Å². The second kappa shape index (κ2) is 6.74. The van der Waals surface area contributed by atoms with Crippen LogP contribution in [0.25, 0.3) is 0 Å². The van der Waals surface area contributed by atoms with Gasteiger partial charge in [-0.2, -0.15) is 0 Å². The van der Waals surface area contributed by atoms with E-state index in [0.717, 1.165) is 19.3 Å². The zero-order valence-electron chi connectivity index (χ0n) is 14.0. The molecule has 2 fully saturated rings. The lowest BCUT2D eigenvalue weighted by atomic mass is 9.68. The van der Waals surface area contributed by atoms with Gasteiger partial charge >= 0.3 is 5.97 Å². The van der Waals surface area contributed by atoms with E-state index in [9.17, 15) is 9.90 Å². The number of nitrogens with zero attached hydrogens (tertiary/aromatic N) is 1. The van der Waals surface area contributed by atoms with Gasteiger partial charge in [0.05, 0.1) is 0 Å². The van der Waals surface area contributed by atoms with Gasteiger partial charge < -0.3 is 5.11 Å². The van der Waals surface area contributed by atoms with Gasteiger partial charge in [0.2, 0.25) is 0 Å². The summed E-state index contributed by atoms with van der Waals surface area (Å²) >= 11 is 0. The van der Waals surface area contributed by atoms with Crippen molar-refractivity contribution in [3.05, 3.63) is 12.2 Å². The molecule has 1 saturated heterocycles. The maximum atomic E-state index is 11.8. The van der Waals surface area contributed by atoms with E-state index in [0.29, 0.717) is 12.0 Å². The van der Waals surface area contributed by atoms with Crippen molar-refractivity contribution in [3.8, 4) is 0 Å². The number of carbonyl (C=O) groups is 1. The molecule has 124 valence electrons. The van der Waals surface area contributed by atoms with Crippen LogP contribution in [0.15, 0.2) is 12.2 Å². The van der Waals surface area contributed by atoms with E-state index in [-0.39, 0.29) is 11.6 Å². The summed E-state index contributed by atoms with van der Waals surface area (Å²) in [5.41, 5.74) is 0.172. The molecule has 2 aliphatic heterocycles. The van der Waals surface area contributed by atoms with Crippen LogP contribution in [0.1, 0.15) is 77.6 Å². The zero-order valence-corrected chi connectivity index (χ0v) is 14.0. The van der Waals surface area contributed by atoms with Crippen LogP contribution in [0.3, 0.4) is 0 Å². The minimum Gasteiger partial charge on any atom is -0.480 e. The number of hydrogen-bond donors (Lipinski definition) is 1. The molecule has 1 spiro atoms. The topological polar surface area (TPSA) is 40.5 Å². The van der Waals surface area contributed by atoms with Crippen molar-refractivity contribution in [1.82, 2.24) is 4.90 Å². The van der Waals surface area contributed by atoms with Gasteiger partial charge in [-0.3, -0.25) is 9.69 Å². The standard InChI is InChI=1S/C19H31NO2/c1-2-3-4-5-9-16-11-10-15-8-6-7-13-19(15)14-12-17(18(21)22)20(16)19/h10-11,15-17H,2-9,12-14H2,1H3,(H,21,22)/t15-,16+,17-,19-/m0/s1. The van der Waals surface area contributed by atoms with Gasteiger partial charge in [-0.25, -0.2) is 0 Å². The van der Waals surface area contributed by atoms with E-state index in [4.69, 9.17) is 0 Å². The molecule has 0 amide bonds. The fourth-order valence-corrected chi connectivity index (χ4v) is 5.30. The highest BCUT2D eigenvalue weighted by Crippen LogP contribution is 2.52. The third-order valence-corrected chi connectivity index (χ3v) is 6.33. The molecule has 2 heterocycles. The predicted octanol–water partition coefficient (Wildman–Crippen LogP) is 4.37. The number of unbranched alkanes of at least 4 members (excludes halogenated alkanes) is 3. The molecule has 0 aromatic heterocycles. The van der Waals surface area contributed by atoms with Gasteiger partial charge in [-0.05, 0) is 38.0 Å².